The number of carbonyl (C=O) groups is 2. The van der Waals surface area contributed by atoms with Gasteiger partial charge in [0.25, 0.3) is 5.91 Å². The summed E-state index contributed by atoms with van der Waals surface area (Å²) < 4.78 is 18.6. The van der Waals surface area contributed by atoms with Gasteiger partial charge in [-0.1, -0.05) is 26.2 Å². The Kier molecular flexibility index (Phi) is 9.38. The molecule has 7 heteroatoms. The molecule has 1 saturated carbocycles. The number of nitrogens with one attached hydrogen (secondary N) is 2. The summed E-state index contributed by atoms with van der Waals surface area (Å²) in [5, 5.41) is 5.99. The summed E-state index contributed by atoms with van der Waals surface area (Å²) in [6.07, 6.45) is 6.36. The fourth-order valence-corrected chi connectivity index (χ4v) is 3.67. The topological polar surface area (TPSA) is 70.7 Å². The number of nitrogens with zero attached hydrogens (tertiary/aromatic N) is 1. The van der Waals surface area contributed by atoms with Gasteiger partial charge in [-0.05, 0) is 50.9 Å². The maximum atomic E-state index is 13.6. The number of ether oxygens (including phenoxy) is 1. The molecule has 0 radical (unpaired) electrons. The normalized spacial score (nSPS) is 15.3. The summed E-state index contributed by atoms with van der Waals surface area (Å²) in [7, 11) is 3.38. The molecule has 162 valence electrons. The van der Waals surface area contributed by atoms with Crippen LogP contribution in [0.3, 0.4) is 0 Å². The molecule has 1 aromatic carbocycles. The van der Waals surface area contributed by atoms with Gasteiger partial charge in [0.2, 0.25) is 5.91 Å². The Morgan fingerprint density at radius 2 is 2.00 bits per heavy atom. The Hall–Kier alpha value is -2.15. The zero-order valence-electron chi connectivity index (χ0n) is 17.8. The molecule has 0 heterocycles. The van der Waals surface area contributed by atoms with E-state index >= 15 is 0 Å². The van der Waals surface area contributed by atoms with Crippen molar-refractivity contribution >= 4 is 11.8 Å². The molecule has 6 nitrogen and oxygen atoms in total. The molecule has 1 atom stereocenters. The van der Waals surface area contributed by atoms with Crippen LogP contribution >= 0.6 is 0 Å². The number of halogens is 1. The van der Waals surface area contributed by atoms with Gasteiger partial charge in [-0.15, -0.1) is 0 Å². The number of methoxy groups -OCH3 is 1. The molecular formula is C22H34FN3O3. The highest BCUT2D eigenvalue weighted by atomic mass is 19.1. The predicted molar refractivity (Wildman–Crippen MR) is 112 cm³/mol. The zero-order chi connectivity index (χ0) is 21.2. The Labute approximate surface area is 173 Å². The third-order valence-corrected chi connectivity index (χ3v) is 5.55. The SMILES string of the molecule is CCC(CCN(C)CC(=O)NC1CCCC1)CNC(=O)c1cc(F)cc(OC)c1. The average molecular weight is 408 g/mol. The fourth-order valence-electron chi connectivity index (χ4n) is 3.67. The van der Waals surface area contributed by atoms with Gasteiger partial charge in [-0.3, -0.25) is 14.5 Å². The van der Waals surface area contributed by atoms with Gasteiger partial charge in [-0.25, -0.2) is 4.39 Å². The van der Waals surface area contributed by atoms with E-state index in [4.69, 9.17) is 4.74 Å². The molecular weight excluding hydrogens is 373 g/mol. The number of hydrogen-bond acceptors (Lipinski definition) is 4. The van der Waals surface area contributed by atoms with Gasteiger partial charge < -0.3 is 15.4 Å². The van der Waals surface area contributed by atoms with E-state index in [1.807, 2.05) is 11.9 Å². The molecule has 0 bridgehead atoms. The molecule has 2 N–H and O–H groups in total. The molecule has 1 aliphatic rings. The lowest BCUT2D eigenvalue weighted by Crippen LogP contribution is -2.40. The van der Waals surface area contributed by atoms with Crippen LogP contribution < -0.4 is 15.4 Å². The highest BCUT2D eigenvalue weighted by Gasteiger charge is 2.18. The monoisotopic (exact) mass is 407 g/mol. The van der Waals surface area contributed by atoms with Crippen molar-refractivity contribution in [3.8, 4) is 5.75 Å². The average Bonchev–Trinajstić information content (AvgIpc) is 3.20. The summed E-state index contributed by atoms with van der Waals surface area (Å²) >= 11 is 0. The second-order valence-corrected chi connectivity index (χ2v) is 7.94. The van der Waals surface area contributed by atoms with Crippen molar-refractivity contribution in [3.05, 3.63) is 29.6 Å². The minimum absolute atomic E-state index is 0.0841. The van der Waals surface area contributed by atoms with Crippen LogP contribution in [0.2, 0.25) is 0 Å². The number of benzene rings is 1. The highest BCUT2D eigenvalue weighted by molar-refractivity contribution is 5.94. The van der Waals surface area contributed by atoms with E-state index in [1.54, 1.807) is 0 Å². The van der Waals surface area contributed by atoms with E-state index in [0.29, 0.717) is 24.9 Å². The summed E-state index contributed by atoms with van der Waals surface area (Å²) in [4.78, 5) is 26.5. The standard InChI is InChI=1S/C22H34FN3O3/c1-4-16(9-10-26(2)15-21(27)25-19-7-5-6-8-19)14-24-22(28)17-11-18(23)13-20(12-17)29-3/h11-13,16,19H,4-10,14-15H2,1-3H3,(H,24,28)(H,25,27). The minimum atomic E-state index is -0.501. The Bertz CT molecular complexity index is 677. The van der Waals surface area contributed by atoms with Gasteiger partial charge >= 0.3 is 0 Å². The smallest absolute Gasteiger partial charge is 0.251 e. The lowest BCUT2D eigenvalue weighted by Gasteiger charge is -2.22. The number of amides is 2. The van der Waals surface area contributed by atoms with Crippen molar-refractivity contribution in [3.63, 3.8) is 0 Å². The second-order valence-electron chi connectivity index (χ2n) is 7.94. The maximum absolute atomic E-state index is 13.6. The number of hydrogen-bond donors (Lipinski definition) is 2. The van der Waals surface area contributed by atoms with Crippen LogP contribution in [0, 0.1) is 11.7 Å². The first-order valence-corrected chi connectivity index (χ1v) is 10.5. The summed E-state index contributed by atoms with van der Waals surface area (Å²) in [6, 6.07) is 4.31. The van der Waals surface area contributed by atoms with Crippen molar-refractivity contribution in [2.75, 3.05) is 33.8 Å². The summed E-state index contributed by atoms with van der Waals surface area (Å²) in [6.45, 7) is 3.76. The van der Waals surface area contributed by atoms with Gasteiger partial charge in [0.05, 0.1) is 13.7 Å². The van der Waals surface area contributed by atoms with Crippen molar-refractivity contribution in [1.82, 2.24) is 15.5 Å². The van der Waals surface area contributed by atoms with Gasteiger partial charge in [0, 0.05) is 24.2 Å². The molecule has 1 fully saturated rings. The summed E-state index contributed by atoms with van der Waals surface area (Å²) in [5.41, 5.74) is 0.248. The molecule has 2 rings (SSSR count). The molecule has 0 aromatic heterocycles. The van der Waals surface area contributed by atoms with Gasteiger partial charge in [0.1, 0.15) is 11.6 Å². The fraction of sp³-hybridized carbons (Fsp3) is 0.636. The Balaban J connectivity index is 1.73. The molecule has 0 aliphatic heterocycles. The van der Waals surface area contributed by atoms with Crippen LogP contribution in [0.15, 0.2) is 18.2 Å². The molecule has 1 aromatic rings. The lowest BCUT2D eigenvalue weighted by molar-refractivity contribution is -0.122. The molecule has 2 amide bonds. The first-order chi connectivity index (χ1) is 13.9. The first kappa shape index (κ1) is 23.1. The van der Waals surface area contributed by atoms with E-state index in [9.17, 15) is 14.0 Å². The molecule has 1 aliphatic carbocycles. The van der Waals surface area contributed by atoms with Gasteiger partial charge in [0.15, 0.2) is 0 Å². The van der Waals surface area contributed by atoms with Crippen LogP contribution in [-0.2, 0) is 4.79 Å². The number of likely N-dealkylation sites (N-methyl/N-ethyl adjacent to an activating group) is 1. The first-order valence-electron chi connectivity index (χ1n) is 10.5. The minimum Gasteiger partial charge on any atom is -0.497 e. The molecule has 0 saturated heterocycles. The van der Waals surface area contributed by atoms with Crippen LogP contribution in [0.4, 0.5) is 4.39 Å². The Morgan fingerprint density at radius 3 is 2.66 bits per heavy atom. The second kappa shape index (κ2) is 11.8. The number of carbonyl (C=O) groups excluding carboxylic acids is 2. The van der Waals surface area contributed by atoms with Gasteiger partial charge in [-0.2, -0.15) is 0 Å². The van der Waals surface area contributed by atoms with Crippen LogP contribution in [0.5, 0.6) is 5.75 Å². The third kappa shape index (κ3) is 8.01. The van der Waals surface area contributed by atoms with E-state index in [1.165, 1.54) is 38.2 Å². The van der Waals surface area contributed by atoms with Crippen molar-refractivity contribution < 1.29 is 18.7 Å². The van der Waals surface area contributed by atoms with Crippen LogP contribution in [0.25, 0.3) is 0 Å². The van der Waals surface area contributed by atoms with Crippen molar-refractivity contribution in [2.45, 2.75) is 51.5 Å². The van der Waals surface area contributed by atoms with E-state index in [2.05, 4.69) is 17.6 Å². The van der Waals surface area contributed by atoms with Crippen LogP contribution in [0.1, 0.15) is 55.8 Å². The largest absolute Gasteiger partial charge is 0.497 e. The molecule has 1 unspecified atom stereocenters. The lowest BCUT2D eigenvalue weighted by atomic mass is 10.0. The van der Waals surface area contributed by atoms with Crippen LogP contribution in [-0.4, -0.2) is 56.5 Å². The summed E-state index contributed by atoms with van der Waals surface area (Å²) in [5.74, 6) is -0.125. The predicted octanol–water partition coefficient (Wildman–Crippen LogP) is 2.97. The molecule has 0 spiro atoms. The highest BCUT2D eigenvalue weighted by Crippen LogP contribution is 2.18. The zero-order valence-corrected chi connectivity index (χ0v) is 17.8. The number of rotatable bonds is 11. The molecule has 29 heavy (non-hydrogen) atoms. The van der Waals surface area contributed by atoms with E-state index in [0.717, 1.165) is 32.2 Å². The van der Waals surface area contributed by atoms with Crippen molar-refractivity contribution in [2.24, 2.45) is 5.92 Å². The van der Waals surface area contributed by atoms with E-state index < -0.39 is 5.82 Å². The third-order valence-electron chi connectivity index (χ3n) is 5.55. The van der Waals surface area contributed by atoms with E-state index in [-0.39, 0.29) is 23.3 Å². The quantitative estimate of drug-likeness (QED) is 0.592. The van der Waals surface area contributed by atoms with Crippen molar-refractivity contribution in [1.29, 1.82) is 0 Å². The Morgan fingerprint density at radius 1 is 1.28 bits per heavy atom. The maximum Gasteiger partial charge on any atom is 0.251 e.